The third-order valence-electron chi connectivity index (χ3n) is 2.36. The second-order valence-corrected chi connectivity index (χ2v) is 5.05. The molecule has 0 saturated carbocycles. The molecule has 1 aliphatic heterocycles. The maximum atomic E-state index is 10.3. The molecule has 1 fully saturated rings. The van der Waals surface area contributed by atoms with E-state index in [9.17, 15) is 5.11 Å². The average Bonchev–Trinajstić information content (AvgIpc) is 2.59. The second-order valence-electron chi connectivity index (χ2n) is 3.62. The highest BCUT2D eigenvalue weighted by molar-refractivity contribution is 8.00. The van der Waals surface area contributed by atoms with Crippen LogP contribution in [0.1, 0.15) is 19.2 Å². The highest BCUT2D eigenvalue weighted by atomic mass is 32.2. The molecule has 0 spiro atoms. The molecule has 0 amide bonds. The van der Waals surface area contributed by atoms with Crippen LogP contribution in [0.3, 0.4) is 0 Å². The fourth-order valence-corrected chi connectivity index (χ4v) is 2.93. The smallest absolute Gasteiger partial charge is 0.165 e. The Bertz CT molecular complexity index is 314. The molecular weight excluding hydrogens is 186 g/mol. The number of hydrogen-bond acceptors (Lipinski definition) is 4. The van der Waals surface area contributed by atoms with Crippen LogP contribution in [-0.4, -0.2) is 30.9 Å². The molecule has 2 atom stereocenters. The molecule has 1 aromatic rings. The van der Waals surface area contributed by atoms with Gasteiger partial charge >= 0.3 is 0 Å². The van der Waals surface area contributed by atoms with Crippen LogP contribution in [0.4, 0.5) is 0 Å². The van der Waals surface area contributed by atoms with Crippen molar-refractivity contribution in [3.8, 4) is 0 Å². The van der Waals surface area contributed by atoms with Crippen LogP contribution in [0.5, 0.6) is 0 Å². The summed E-state index contributed by atoms with van der Waals surface area (Å²) < 4.78 is 1.79. The van der Waals surface area contributed by atoms with Gasteiger partial charge in [0.25, 0.3) is 0 Å². The second kappa shape index (κ2) is 2.99. The number of nitrogens with zero attached hydrogens (tertiary/aromatic N) is 3. The highest BCUT2D eigenvalue weighted by Crippen LogP contribution is 2.40. The van der Waals surface area contributed by atoms with Gasteiger partial charge in [-0.1, -0.05) is 6.92 Å². The van der Waals surface area contributed by atoms with Gasteiger partial charge in [-0.3, -0.25) is 0 Å². The Balaban J connectivity index is 2.30. The van der Waals surface area contributed by atoms with Gasteiger partial charge in [0.05, 0.1) is 0 Å². The molecule has 1 aliphatic rings. The van der Waals surface area contributed by atoms with Gasteiger partial charge in [0.1, 0.15) is 11.9 Å². The van der Waals surface area contributed by atoms with Crippen molar-refractivity contribution in [2.75, 3.05) is 5.75 Å². The molecule has 1 saturated heterocycles. The van der Waals surface area contributed by atoms with Gasteiger partial charge in [0.2, 0.25) is 0 Å². The summed E-state index contributed by atoms with van der Waals surface area (Å²) in [6, 6.07) is 0. The Morgan fingerprint density at radius 1 is 1.77 bits per heavy atom. The number of aromatic nitrogens is 3. The fraction of sp³-hybridized carbons (Fsp3) is 0.750. The monoisotopic (exact) mass is 199 g/mol. The largest absolute Gasteiger partial charge is 0.381 e. The number of aryl methyl sites for hydroxylation is 1. The number of aliphatic hydroxyl groups is 1. The highest BCUT2D eigenvalue weighted by Gasteiger charge is 2.40. The molecule has 2 rings (SSSR count). The summed E-state index contributed by atoms with van der Waals surface area (Å²) in [7, 11) is 1.86. The van der Waals surface area contributed by atoms with Gasteiger partial charge in [-0.25, -0.2) is 0 Å². The predicted octanol–water partition coefficient (Wildman–Crippen LogP) is 0.528. The van der Waals surface area contributed by atoms with E-state index in [1.54, 1.807) is 22.7 Å². The van der Waals surface area contributed by atoms with Gasteiger partial charge in [0.15, 0.2) is 5.82 Å². The van der Waals surface area contributed by atoms with E-state index in [-0.39, 0.29) is 0 Å². The van der Waals surface area contributed by atoms with E-state index in [0.29, 0.717) is 11.1 Å². The molecule has 2 unspecified atom stereocenters. The molecule has 0 aliphatic carbocycles. The molecule has 1 aromatic heterocycles. The molecule has 72 valence electrons. The summed E-state index contributed by atoms with van der Waals surface area (Å²) in [4.78, 5) is 0. The number of rotatable bonds is 1. The first-order valence-corrected chi connectivity index (χ1v) is 5.35. The van der Waals surface area contributed by atoms with Gasteiger partial charge < -0.3 is 9.67 Å². The predicted molar refractivity (Wildman–Crippen MR) is 51.4 cm³/mol. The van der Waals surface area contributed by atoms with Crippen molar-refractivity contribution < 1.29 is 5.11 Å². The van der Waals surface area contributed by atoms with Crippen LogP contribution in [0.15, 0.2) is 6.33 Å². The summed E-state index contributed by atoms with van der Waals surface area (Å²) >= 11 is 1.78. The molecule has 5 heteroatoms. The summed E-state index contributed by atoms with van der Waals surface area (Å²) in [5.41, 5.74) is -0.769. The van der Waals surface area contributed by atoms with Crippen LogP contribution >= 0.6 is 11.8 Å². The molecule has 13 heavy (non-hydrogen) atoms. The summed E-state index contributed by atoms with van der Waals surface area (Å²) in [6.45, 7) is 2.12. The Labute approximate surface area is 81.4 Å². The van der Waals surface area contributed by atoms with Crippen molar-refractivity contribution >= 4 is 11.8 Å². The lowest BCUT2D eigenvalue weighted by Crippen LogP contribution is -2.29. The molecule has 0 bridgehead atoms. The Morgan fingerprint density at radius 3 is 3.00 bits per heavy atom. The SMILES string of the molecule is CC1CC(O)(c2nncn2C)CS1. The van der Waals surface area contributed by atoms with Crippen molar-refractivity contribution in [2.24, 2.45) is 7.05 Å². The molecule has 2 heterocycles. The summed E-state index contributed by atoms with van der Waals surface area (Å²) in [5, 5.41) is 18.5. The Hall–Kier alpha value is -0.550. The standard InChI is InChI=1S/C8H13N3OS/c1-6-3-8(12,4-13-6)7-10-9-5-11(7)2/h5-6,12H,3-4H2,1-2H3. The van der Waals surface area contributed by atoms with Crippen molar-refractivity contribution in [1.29, 1.82) is 0 Å². The minimum atomic E-state index is -0.769. The first-order chi connectivity index (χ1) is 6.12. The zero-order chi connectivity index (χ0) is 9.47. The van der Waals surface area contributed by atoms with Crippen molar-refractivity contribution in [3.05, 3.63) is 12.2 Å². The number of hydrogen-bond donors (Lipinski definition) is 1. The third-order valence-corrected chi connectivity index (χ3v) is 3.74. The van der Waals surface area contributed by atoms with E-state index < -0.39 is 5.60 Å². The Kier molecular flexibility index (Phi) is 2.08. The summed E-state index contributed by atoms with van der Waals surface area (Å²) in [6.07, 6.45) is 2.39. The van der Waals surface area contributed by atoms with Crippen LogP contribution in [-0.2, 0) is 12.6 Å². The molecule has 0 aromatic carbocycles. The minimum Gasteiger partial charge on any atom is -0.381 e. The molecule has 0 radical (unpaired) electrons. The van der Waals surface area contributed by atoms with Gasteiger partial charge in [-0.15, -0.1) is 10.2 Å². The van der Waals surface area contributed by atoms with Crippen LogP contribution in [0, 0.1) is 0 Å². The Morgan fingerprint density at radius 2 is 2.54 bits per heavy atom. The minimum absolute atomic E-state index is 0.502. The van der Waals surface area contributed by atoms with E-state index in [2.05, 4.69) is 17.1 Å². The topological polar surface area (TPSA) is 50.9 Å². The summed E-state index contributed by atoms with van der Waals surface area (Å²) in [5.74, 6) is 1.41. The van der Waals surface area contributed by atoms with Crippen LogP contribution in [0.2, 0.25) is 0 Å². The quantitative estimate of drug-likeness (QED) is 0.716. The van der Waals surface area contributed by atoms with Crippen molar-refractivity contribution in [1.82, 2.24) is 14.8 Å². The van der Waals surface area contributed by atoms with E-state index in [1.807, 2.05) is 7.05 Å². The van der Waals surface area contributed by atoms with E-state index in [4.69, 9.17) is 0 Å². The van der Waals surface area contributed by atoms with Crippen molar-refractivity contribution in [3.63, 3.8) is 0 Å². The average molecular weight is 199 g/mol. The molecule has 1 N–H and O–H groups in total. The van der Waals surface area contributed by atoms with Gasteiger partial charge in [0, 0.05) is 18.1 Å². The van der Waals surface area contributed by atoms with E-state index >= 15 is 0 Å². The van der Waals surface area contributed by atoms with Gasteiger partial charge in [-0.2, -0.15) is 11.8 Å². The maximum absolute atomic E-state index is 10.3. The van der Waals surface area contributed by atoms with E-state index in [0.717, 1.165) is 12.2 Å². The molecular formula is C8H13N3OS. The lowest BCUT2D eigenvalue weighted by molar-refractivity contribution is 0.0485. The normalized spacial score (nSPS) is 33.9. The molecule has 4 nitrogen and oxygen atoms in total. The van der Waals surface area contributed by atoms with E-state index in [1.165, 1.54) is 0 Å². The van der Waals surface area contributed by atoms with Crippen LogP contribution < -0.4 is 0 Å². The van der Waals surface area contributed by atoms with Gasteiger partial charge in [-0.05, 0) is 6.42 Å². The number of thioether (sulfide) groups is 1. The van der Waals surface area contributed by atoms with Crippen molar-refractivity contribution in [2.45, 2.75) is 24.2 Å². The lowest BCUT2D eigenvalue weighted by Gasteiger charge is -2.19. The lowest BCUT2D eigenvalue weighted by atomic mass is 10.00. The van der Waals surface area contributed by atoms with Crippen LogP contribution in [0.25, 0.3) is 0 Å². The third kappa shape index (κ3) is 1.46. The maximum Gasteiger partial charge on any atom is 0.165 e. The zero-order valence-corrected chi connectivity index (χ0v) is 8.58. The fourth-order valence-electron chi connectivity index (χ4n) is 1.73. The first kappa shape index (κ1) is 9.02. The zero-order valence-electron chi connectivity index (χ0n) is 7.77. The first-order valence-electron chi connectivity index (χ1n) is 4.30.